The zero-order valence-electron chi connectivity index (χ0n) is 14.4. The molecule has 4 aromatic rings. The first kappa shape index (κ1) is 16.3. The summed E-state index contributed by atoms with van der Waals surface area (Å²) in [6, 6.07) is 15.1. The highest BCUT2D eigenvalue weighted by atomic mass is 16.4. The Labute approximate surface area is 158 Å². The second kappa shape index (κ2) is 5.79. The number of hydrogen-bond donors (Lipinski definition) is 1. The Morgan fingerprint density at radius 3 is 2.36 bits per heavy atom. The van der Waals surface area contributed by atoms with E-state index in [0.717, 1.165) is 10.8 Å². The average molecular weight is 368 g/mol. The van der Waals surface area contributed by atoms with Gasteiger partial charge in [0.15, 0.2) is 11.6 Å². The molecule has 5 rings (SSSR count). The van der Waals surface area contributed by atoms with Crippen molar-refractivity contribution >= 4 is 39.3 Å². The van der Waals surface area contributed by atoms with E-state index in [1.807, 2.05) is 30.3 Å². The van der Waals surface area contributed by atoms with E-state index in [0.29, 0.717) is 16.7 Å². The predicted octanol–water partition coefficient (Wildman–Crippen LogP) is 3.64. The number of carbonyl (C=O) groups excluding carboxylic acids is 2. The Morgan fingerprint density at radius 2 is 1.57 bits per heavy atom. The summed E-state index contributed by atoms with van der Waals surface area (Å²) in [6.45, 7) is 0. The smallest absolute Gasteiger partial charge is 0.335 e. The Hall–Kier alpha value is -3.93. The van der Waals surface area contributed by atoms with Crippen molar-refractivity contribution in [3.8, 4) is 0 Å². The van der Waals surface area contributed by atoms with Crippen molar-refractivity contribution in [3.63, 3.8) is 0 Å². The van der Waals surface area contributed by atoms with Gasteiger partial charge >= 0.3 is 5.97 Å². The molecule has 2 heterocycles. The van der Waals surface area contributed by atoms with Gasteiger partial charge < -0.3 is 5.11 Å². The van der Waals surface area contributed by atoms with E-state index in [1.165, 1.54) is 18.2 Å². The molecule has 1 unspecified atom stereocenters. The average Bonchev–Trinajstić information content (AvgIpc) is 2.97. The van der Waals surface area contributed by atoms with Crippen LogP contribution in [0.4, 0.5) is 0 Å². The second-order valence-electron chi connectivity index (χ2n) is 6.68. The molecule has 0 radical (unpaired) electrons. The molecule has 1 atom stereocenters. The molecule has 134 valence electrons. The van der Waals surface area contributed by atoms with Crippen molar-refractivity contribution in [3.05, 3.63) is 83.2 Å². The number of carboxylic acid groups (broad SMARTS) is 1. The summed E-state index contributed by atoms with van der Waals surface area (Å²) in [5.41, 5.74) is 2.01. The van der Waals surface area contributed by atoms with Gasteiger partial charge in [0.05, 0.1) is 22.3 Å². The van der Waals surface area contributed by atoms with Crippen LogP contribution in [0.15, 0.2) is 60.8 Å². The van der Waals surface area contributed by atoms with Crippen LogP contribution in [-0.4, -0.2) is 32.6 Å². The summed E-state index contributed by atoms with van der Waals surface area (Å²) in [6.07, 6.45) is 1.67. The number of benzene rings is 2. The van der Waals surface area contributed by atoms with Crippen molar-refractivity contribution in [1.82, 2.24) is 9.97 Å². The first-order valence-corrected chi connectivity index (χ1v) is 8.65. The third-order valence-electron chi connectivity index (χ3n) is 5.07. The third-order valence-corrected chi connectivity index (χ3v) is 5.07. The predicted molar refractivity (Wildman–Crippen MR) is 102 cm³/mol. The molecule has 0 spiro atoms. The molecule has 0 bridgehead atoms. The Bertz CT molecular complexity index is 1340. The number of rotatable bonds is 2. The fourth-order valence-corrected chi connectivity index (χ4v) is 3.69. The number of carbonyl (C=O) groups is 3. The van der Waals surface area contributed by atoms with E-state index < -0.39 is 17.7 Å². The lowest BCUT2D eigenvalue weighted by atomic mass is 9.98. The quantitative estimate of drug-likeness (QED) is 0.428. The number of hydrogen-bond acceptors (Lipinski definition) is 5. The minimum absolute atomic E-state index is 0.0257. The highest BCUT2D eigenvalue weighted by Crippen LogP contribution is 2.35. The molecule has 0 amide bonds. The molecule has 0 fully saturated rings. The molecule has 1 N–H and O–H groups in total. The van der Waals surface area contributed by atoms with Crippen LogP contribution in [0.3, 0.4) is 0 Å². The van der Waals surface area contributed by atoms with E-state index >= 15 is 0 Å². The summed E-state index contributed by atoms with van der Waals surface area (Å²) >= 11 is 0. The van der Waals surface area contributed by atoms with Crippen molar-refractivity contribution in [2.24, 2.45) is 0 Å². The second-order valence-corrected chi connectivity index (χ2v) is 6.68. The van der Waals surface area contributed by atoms with Gasteiger partial charge in [-0.25, -0.2) is 9.78 Å². The van der Waals surface area contributed by atoms with Gasteiger partial charge in [-0.15, -0.1) is 0 Å². The van der Waals surface area contributed by atoms with Crippen LogP contribution in [0.2, 0.25) is 0 Å². The van der Waals surface area contributed by atoms with Crippen molar-refractivity contribution < 1.29 is 19.5 Å². The number of pyridine rings is 2. The fraction of sp³-hybridized carbons (Fsp3) is 0.0455. The summed E-state index contributed by atoms with van der Waals surface area (Å²) in [4.78, 5) is 46.0. The standard InChI is InChI=1S/C22H12N2O4/c25-20-14-7-5-13(22(27)28)10-15(14)21(26)17(20)16-8-6-12-4-3-11-2-1-9-23-18(11)19(12)24-16/h1-10,17H,(H,27,28). The maximum atomic E-state index is 12.9. The molecule has 0 saturated carbocycles. The topological polar surface area (TPSA) is 97.2 Å². The van der Waals surface area contributed by atoms with Crippen LogP contribution in [0.5, 0.6) is 0 Å². The number of carboxylic acids is 1. The fourth-order valence-electron chi connectivity index (χ4n) is 3.69. The Balaban J connectivity index is 1.68. The van der Waals surface area contributed by atoms with Crippen LogP contribution in [0, 0.1) is 0 Å². The van der Waals surface area contributed by atoms with Crippen LogP contribution in [-0.2, 0) is 0 Å². The number of ketones is 2. The van der Waals surface area contributed by atoms with Gasteiger partial charge in [-0.05, 0) is 30.3 Å². The molecule has 6 heteroatoms. The van der Waals surface area contributed by atoms with Gasteiger partial charge in [-0.3, -0.25) is 14.6 Å². The molecule has 1 aliphatic rings. The number of aromatic carboxylic acids is 1. The van der Waals surface area contributed by atoms with Gasteiger partial charge in [0.25, 0.3) is 0 Å². The van der Waals surface area contributed by atoms with Crippen LogP contribution in [0.1, 0.15) is 42.7 Å². The highest BCUT2D eigenvalue weighted by Gasteiger charge is 2.41. The summed E-state index contributed by atoms with van der Waals surface area (Å²) < 4.78 is 0. The molecule has 1 aliphatic carbocycles. The largest absolute Gasteiger partial charge is 0.478 e. The van der Waals surface area contributed by atoms with Crippen LogP contribution in [0.25, 0.3) is 21.8 Å². The molecule has 2 aromatic carbocycles. The number of Topliss-reactive ketones (excluding diaryl/α,β-unsaturated/α-hetero) is 2. The maximum Gasteiger partial charge on any atom is 0.335 e. The lowest BCUT2D eigenvalue weighted by Gasteiger charge is -2.09. The molecule has 0 aliphatic heterocycles. The van der Waals surface area contributed by atoms with Gasteiger partial charge in [-0.1, -0.05) is 24.3 Å². The number of aromatic nitrogens is 2. The van der Waals surface area contributed by atoms with E-state index in [1.54, 1.807) is 12.3 Å². The van der Waals surface area contributed by atoms with E-state index in [4.69, 9.17) is 5.11 Å². The zero-order valence-corrected chi connectivity index (χ0v) is 14.4. The maximum absolute atomic E-state index is 12.9. The Kier molecular flexibility index (Phi) is 3.36. The molecular weight excluding hydrogens is 356 g/mol. The van der Waals surface area contributed by atoms with Gasteiger partial charge in [0, 0.05) is 28.1 Å². The van der Waals surface area contributed by atoms with Gasteiger partial charge in [0.2, 0.25) is 0 Å². The first-order chi connectivity index (χ1) is 13.5. The van der Waals surface area contributed by atoms with Crippen LogP contribution < -0.4 is 0 Å². The molecular formula is C22H12N2O4. The Morgan fingerprint density at radius 1 is 0.857 bits per heavy atom. The molecule has 28 heavy (non-hydrogen) atoms. The minimum atomic E-state index is -1.15. The number of nitrogens with zero attached hydrogens (tertiary/aromatic N) is 2. The monoisotopic (exact) mass is 368 g/mol. The number of fused-ring (bicyclic) bond motifs is 4. The van der Waals surface area contributed by atoms with E-state index in [2.05, 4.69) is 9.97 Å². The SMILES string of the molecule is O=C(O)c1ccc2c(c1)C(=O)C(c1ccc3ccc4cccnc4c3n1)C2=O. The van der Waals surface area contributed by atoms with Gasteiger partial charge in [0.1, 0.15) is 5.92 Å². The molecule has 6 nitrogen and oxygen atoms in total. The lowest BCUT2D eigenvalue weighted by Crippen LogP contribution is -2.14. The van der Waals surface area contributed by atoms with Crippen molar-refractivity contribution in [1.29, 1.82) is 0 Å². The normalized spacial score (nSPS) is 15.9. The van der Waals surface area contributed by atoms with Gasteiger partial charge in [-0.2, -0.15) is 0 Å². The third kappa shape index (κ3) is 2.24. The van der Waals surface area contributed by atoms with Crippen molar-refractivity contribution in [2.75, 3.05) is 0 Å². The van der Waals surface area contributed by atoms with Crippen LogP contribution >= 0.6 is 0 Å². The van der Waals surface area contributed by atoms with E-state index in [9.17, 15) is 14.4 Å². The summed E-state index contributed by atoms with van der Waals surface area (Å²) in [5.74, 6) is -3.00. The molecule has 2 aromatic heterocycles. The van der Waals surface area contributed by atoms with E-state index in [-0.39, 0.29) is 22.5 Å². The summed E-state index contributed by atoms with van der Waals surface area (Å²) in [7, 11) is 0. The molecule has 0 saturated heterocycles. The zero-order chi connectivity index (χ0) is 19.4. The lowest BCUT2D eigenvalue weighted by molar-refractivity contribution is 0.0696. The summed E-state index contributed by atoms with van der Waals surface area (Å²) in [5, 5.41) is 10.9. The highest BCUT2D eigenvalue weighted by molar-refractivity contribution is 6.30. The first-order valence-electron chi connectivity index (χ1n) is 8.65. The van der Waals surface area contributed by atoms with Crippen molar-refractivity contribution in [2.45, 2.75) is 5.92 Å². The minimum Gasteiger partial charge on any atom is -0.478 e.